The lowest BCUT2D eigenvalue weighted by Gasteiger charge is -2.28. The Kier molecular flexibility index (Phi) is 1.76. The molecule has 1 nitrogen and oxygen atoms in total. The molecule has 0 radical (unpaired) electrons. The van der Waals surface area contributed by atoms with E-state index in [-0.39, 0.29) is 0 Å². The highest BCUT2D eigenvalue weighted by atomic mass is 16.5. The molecule has 0 aromatic carbocycles. The molecular weight excluding hydrogens is 136 g/mol. The van der Waals surface area contributed by atoms with Crippen LogP contribution in [-0.2, 0) is 4.74 Å². The van der Waals surface area contributed by atoms with Crippen molar-refractivity contribution >= 4 is 0 Å². The molecule has 2 rings (SSSR count). The van der Waals surface area contributed by atoms with Crippen LogP contribution >= 0.6 is 0 Å². The molecular formula is C10H16O. The number of fused-ring (bicyclic) bond motifs is 1. The van der Waals surface area contributed by atoms with Crippen molar-refractivity contribution in [2.45, 2.75) is 32.3 Å². The van der Waals surface area contributed by atoms with E-state index in [2.05, 4.69) is 13.5 Å². The summed E-state index contributed by atoms with van der Waals surface area (Å²) in [4.78, 5) is 0. The zero-order chi connectivity index (χ0) is 7.84. The van der Waals surface area contributed by atoms with Crippen LogP contribution in [0.3, 0.4) is 0 Å². The van der Waals surface area contributed by atoms with Gasteiger partial charge in [0, 0.05) is 5.92 Å². The summed E-state index contributed by atoms with van der Waals surface area (Å²) < 4.78 is 5.64. The third kappa shape index (κ3) is 1.22. The second-order valence-electron chi connectivity index (χ2n) is 4.03. The summed E-state index contributed by atoms with van der Waals surface area (Å²) in [5.74, 6) is 1.56. The second kappa shape index (κ2) is 2.63. The minimum absolute atomic E-state index is 0.520. The predicted octanol–water partition coefficient (Wildman–Crippen LogP) is 2.38. The summed E-state index contributed by atoms with van der Waals surface area (Å²) in [5, 5.41) is 0. The van der Waals surface area contributed by atoms with Crippen LogP contribution < -0.4 is 0 Å². The van der Waals surface area contributed by atoms with Crippen LogP contribution in [0, 0.1) is 11.8 Å². The van der Waals surface area contributed by atoms with E-state index >= 15 is 0 Å². The molecule has 0 aromatic heterocycles. The monoisotopic (exact) mass is 152 g/mol. The van der Waals surface area contributed by atoms with E-state index < -0.39 is 0 Å². The zero-order valence-corrected chi connectivity index (χ0v) is 7.18. The Balaban J connectivity index is 2.06. The Labute approximate surface area is 68.4 Å². The average Bonchev–Trinajstić information content (AvgIpc) is 2.32. The molecule has 1 aliphatic carbocycles. The van der Waals surface area contributed by atoms with Crippen LogP contribution in [-0.4, -0.2) is 12.7 Å². The number of rotatable bonds is 0. The van der Waals surface area contributed by atoms with Crippen molar-refractivity contribution in [3.8, 4) is 0 Å². The Bertz CT molecular complexity index is 174. The lowest BCUT2D eigenvalue weighted by molar-refractivity contribution is 0.0495. The molecule has 1 saturated heterocycles. The van der Waals surface area contributed by atoms with E-state index in [4.69, 9.17) is 4.74 Å². The fourth-order valence-corrected chi connectivity index (χ4v) is 2.30. The predicted molar refractivity (Wildman–Crippen MR) is 45.4 cm³/mol. The van der Waals surface area contributed by atoms with E-state index in [1.54, 1.807) is 0 Å². The van der Waals surface area contributed by atoms with Crippen molar-refractivity contribution in [3.05, 3.63) is 12.2 Å². The molecule has 1 aliphatic heterocycles. The second-order valence-corrected chi connectivity index (χ2v) is 4.03. The van der Waals surface area contributed by atoms with Gasteiger partial charge in [-0.05, 0) is 30.8 Å². The van der Waals surface area contributed by atoms with Crippen molar-refractivity contribution in [3.63, 3.8) is 0 Å². The van der Waals surface area contributed by atoms with Gasteiger partial charge in [0.1, 0.15) is 0 Å². The Morgan fingerprint density at radius 3 is 3.09 bits per heavy atom. The summed E-state index contributed by atoms with van der Waals surface area (Å²) in [6.45, 7) is 7.18. The third-order valence-electron chi connectivity index (χ3n) is 3.06. The molecule has 0 aromatic rings. The van der Waals surface area contributed by atoms with Gasteiger partial charge in [-0.2, -0.15) is 0 Å². The molecule has 1 heterocycles. The smallest absolute Gasteiger partial charge is 0.0681 e. The van der Waals surface area contributed by atoms with Crippen LogP contribution in [0.5, 0.6) is 0 Å². The van der Waals surface area contributed by atoms with E-state index in [1.165, 1.54) is 24.8 Å². The number of hydrogen-bond donors (Lipinski definition) is 0. The van der Waals surface area contributed by atoms with Gasteiger partial charge in [-0.25, -0.2) is 0 Å². The van der Waals surface area contributed by atoms with Crippen molar-refractivity contribution < 1.29 is 4.74 Å². The average molecular weight is 152 g/mol. The largest absolute Gasteiger partial charge is 0.373 e. The van der Waals surface area contributed by atoms with E-state index in [0.717, 1.165) is 12.5 Å². The standard InChI is InChI=1S/C10H16O/c1-7-3-4-9-8(2)6-11-10(9)5-7/h7,9-10H,2-6H2,1H3. The number of hydrogen-bond acceptors (Lipinski definition) is 1. The molecule has 2 aliphatic rings. The molecule has 0 spiro atoms. The highest BCUT2D eigenvalue weighted by Crippen LogP contribution is 2.38. The summed E-state index contributed by atoms with van der Waals surface area (Å²) >= 11 is 0. The summed E-state index contributed by atoms with van der Waals surface area (Å²) in [7, 11) is 0. The number of ether oxygens (including phenoxy) is 1. The lowest BCUT2D eigenvalue weighted by atomic mass is 9.79. The van der Waals surface area contributed by atoms with Crippen molar-refractivity contribution in [2.75, 3.05) is 6.61 Å². The fourth-order valence-electron chi connectivity index (χ4n) is 2.30. The first-order valence-electron chi connectivity index (χ1n) is 4.56. The lowest BCUT2D eigenvalue weighted by Crippen LogP contribution is -2.25. The van der Waals surface area contributed by atoms with Crippen LogP contribution in [0.2, 0.25) is 0 Å². The van der Waals surface area contributed by atoms with E-state index in [0.29, 0.717) is 12.0 Å². The maximum absolute atomic E-state index is 5.64. The molecule has 0 amide bonds. The Morgan fingerprint density at radius 1 is 1.45 bits per heavy atom. The SMILES string of the molecule is C=C1COC2CC(C)CCC12. The van der Waals surface area contributed by atoms with Gasteiger partial charge < -0.3 is 4.74 Å². The van der Waals surface area contributed by atoms with Crippen LogP contribution in [0.15, 0.2) is 12.2 Å². The normalized spacial score (nSPS) is 44.1. The Morgan fingerprint density at radius 2 is 2.27 bits per heavy atom. The van der Waals surface area contributed by atoms with Gasteiger partial charge in [-0.15, -0.1) is 0 Å². The minimum Gasteiger partial charge on any atom is -0.373 e. The highest BCUT2D eigenvalue weighted by Gasteiger charge is 2.35. The molecule has 3 unspecified atom stereocenters. The van der Waals surface area contributed by atoms with Crippen molar-refractivity contribution in [1.82, 2.24) is 0 Å². The minimum atomic E-state index is 0.520. The molecule has 11 heavy (non-hydrogen) atoms. The first-order chi connectivity index (χ1) is 5.27. The Hall–Kier alpha value is -0.300. The molecule has 0 bridgehead atoms. The van der Waals surface area contributed by atoms with Crippen LogP contribution in [0.25, 0.3) is 0 Å². The van der Waals surface area contributed by atoms with Crippen LogP contribution in [0.1, 0.15) is 26.2 Å². The van der Waals surface area contributed by atoms with Crippen molar-refractivity contribution in [1.29, 1.82) is 0 Å². The van der Waals surface area contributed by atoms with Gasteiger partial charge in [-0.3, -0.25) is 0 Å². The molecule has 62 valence electrons. The molecule has 0 N–H and O–H groups in total. The van der Waals surface area contributed by atoms with Gasteiger partial charge >= 0.3 is 0 Å². The van der Waals surface area contributed by atoms with E-state index in [1.807, 2.05) is 0 Å². The third-order valence-corrected chi connectivity index (χ3v) is 3.06. The maximum Gasteiger partial charge on any atom is 0.0681 e. The van der Waals surface area contributed by atoms with Gasteiger partial charge in [-0.1, -0.05) is 13.5 Å². The first-order valence-corrected chi connectivity index (χ1v) is 4.56. The topological polar surface area (TPSA) is 9.23 Å². The van der Waals surface area contributed by atoms with Gasteiger partial charge in [0.2, 0.25) is 0 Å². The summed E-state index contributed by atoms with van der Waals surface area (Å²) in [6, 6.07) is 0. The summed E-state index contributed by atoms with van der Waals surface area (Å²) in [5.41, 5.74) is 1.34. The molecule has 2 fully saturated rings. The van der Waals surface area contributed by atoms with Gasteiger partial charge in [0.15, 0.2) is 0 Å². The highest BCUT2D eigenvalue weighted by molar-refractivity contribution is 5.10. The van der Waals surface area contributed by atoms with Gasteiger partial charge in [0.05, 0.1) is 12.7 Å². The molecule has 1 heteroatoms. The van der Waals surface area contributed by atoms with Crippen molar-refractivity contribution in [2.24, 2.45) is 11.8 Å². The molecule has 1 saturated carbocycles. The maximum atomic E-state index is 5.64. The van der Waals surface area contributed by atoms with Crippen LogP contribution in [0.4, 0.5) is 0 Å². The summed E-state index contributed by atoms with van der Waals surface area (Å²) in [6.07, 6.45) is 4.45. The van der Waals surface area contributed by atoms with E-state index in [9.17, 15) is 0 Å². The fraction of sp³-hybridized carbons (Fsp3) is 0.800. The quantitative estimate of drug-likeness (QED) is 0.484. The molecule has 3 atom stereocenters. The van der Waals surface area contributed by atoms with Gasteiger partial charge in [0.25, 0.3) is 0 Å². The zero-order valence-electron chi connectivity index (χ0n) is 7.18. The first kappa shape index (κ1) is 7.35.